The van der Waals surface area contributed by atoms with E-state index in [1.807, 2.05) is 60.7 Å². The Hall–Kier alpha value is -1.56. The van der Waals surface area contributed by atoms with E-state index in [-0.39, 0.29) is 11.7 Å². The zero-order chi connectivity index (χ0) is 14.7. The molecule has 4 heteroatoms. The molecular formula is C16H16INO2. The van der Waals surface area contributed by atoms with E-state index in [2.05, 4.69) is 0 Å². The molecule has 2 aromatic rings. The molecule has 0 fully saturated rings. The van der Waals surface area contributed by atoms with Gasteiger partial charge in [0.05, 0.1) is 3.57 Å². The van der Waals surface area contributed by atoms with E-state index in [0.29, 0.717) is 12.1 Å². The second-order valence-corrected chi connectivity index (χ2v) is 5.71. The van der Waals surface area contributed by atoms with Gasteiger partial charge in [0.25, 0.3) is 5.91 Å². The summed E-state index contributed by atoms with van der Waals surface area (Å²) in [5.74, 6) is 0.0273. The zero-order valence-electron chi connectivity index (χ0n) is 11.4. The number of nitrogens with zero attached hydrogens (tertiary/aromatic N) is 1. The highest BCUT2D eigenvalue weighted by Crippen LogP contribution is 2.23. The van der Waals surface area contributed by atoms with Gasteiger partial charge in [0, 0.05) is 17.8 Å². The van der Waals surface area contributed by atoms with Crippen LogP contribution < -0.4 is 4.90 Å². The van der Waals surface area contributed by atoms with Crippen LogP contribution >= 0.6 is 22.6 Å². The summed E-state index contributed by atoms with van der Waals surface area (Å²) in [7, 11) is 0. The molecule has 0 radical (unpaired) electrons. The van der Waals surface area contributed by atoms with Gasteiger partial charge < -0.3 is 10.0 Å². The fourth-order valence-electron chi connectivity index (χ4n) is 1.97. The van der Waals surface area contributed by atoms with Crippen molar-refractivity contribution in [2.24, 2.45) is 0 Å². The van der Waals surface area contributed by atoms with Crippen molar-refractivity contribution < 1.29 is 9.90 Å². The van der Waals surface area contributed by atoms with Crippen LogP contribution in [0.5, 0.6) is 5.75 Å². The number of hydrogen-bond donors (Lipinski definition) is 1. The molecule has 0 bridgehead atoms. The Morgan fingerprint density at radius 3 is 2.40 bits per heavy atom. The molecule has 0 spiro atoms. The number of aryl methyl sites for hydroxylation is 1. The van der Waals surface area contributed by atoms with Gasteiger partial charge in [-0.2, -0.15) is 0 Å². The molecule has 0 saturated carbocycles. The normalized spacial score (nSPS) is 10.3. The molecule has 2 aromatic carbocycles. The van der Waals surface area contributed by atoms with E-state index in [1.54, 1.807) is 17.0 Å². The smallest absolute Gasteiger partial charge is 0.258 e. The quantitative estimate of drug-likeness (QED) is 0.818. The first kappa shape index (κ1) is 14.8. The Morgan fingerprint density at radius 2 is 1.85 bits per heavy atom. The zero-order valence-corrected chi connectivity index (χ0v) is 13.6. The van der Waals surface area contributed by atoms with Crippen molar-refractivity contribution in [3.05, 3.63) is 57.2 Å². The van der Waals surface area contributed by atoms with Crippen molar-refractivity contribution in [3.63, 3.8) is 0 Å². The van der Waals surface area contributed by atoms with Crippen molar-refractivity contribution in [1.29, 1.82) is 0 Å². The molecule has 0 unspecified atom stereocenters. The van der Waals surface area contributed by atoms with Gasteiger partial charge in [-0.15, -0.1) is 0 Å². The van der Waals surface area contributed by atoms with E-state index in [9.17, 15) is 9.90 Å². The number of anilines is 1. The maximum absolute atomic E-state index is 12.5. The SMILES string of the molecule is CCN(C(=O)c1ccc(I)c(O)c1)c1ccc(C)cc1. The topological polar surface area (TPSA) is 40.5 Å². The average molecular weight is 381 g/mol. The second-order valence-electron chi connectivity index (χ2n) is 4.55. The predicted octanol–water partition coefficient (Wildman–Crippen LogP) is 3.97. The molecule has 104 valence electrons. The minimum atomic E-state index is -0.108. The first-order valence-electron chi connectivity index (χ1n) is 6.40. The lowest BCUT2D eigenvalue weighted by atomic mass is 10.1. The molecule has 0 aliphatic carbocycles. The molecule has 0 heterocycles. The van der Waals surface area contributed by atoms with E-state index < -0.39 is 0 Å². The van der Waals surface area contributed by atoms with Gasteiger partial charge in [0.15, 0.2) is 0 Å². The molecule has 1 amide bonds. The van der Waals surface area contributed by atoms with Gasteiger partial charge >= 0.3 is 0 Å². The summed E-state index contributed by atoms with van der Waals surface area (Å²) in [4.78, 5) is 14.2. The third-order valence-corrected chi connectivity index (χ3v) is 4.01. The van der Waals surface area contributed by atoms with Crippen molar-refractivity contribution in [1.82, 2.24) is 0 Å². The van der Waals surface area contributed by atoms with Crippen LogP contribution in [-0.2, 0) is 0 Å². The lowest BCUT2D eigenvalue weighted by Gasteiger charge is -2.21. The fourth-order valence-corrected chi connectivity index (χ4v) is 2.31. The first-order valence-corrected chi connectivity index (χ1v) is 7.48. The van der Waals surface area contributed by atoms with Crippen LogP contribution in [0.2, 0.25) is 0 Å². The van der Waals surface area contributed by atoms with Gasteiger partial charge in [-0.25, -0.2) is 0 Å². The number of amides is 1. The minimum Gasteiger partial charge on any atom is -0.507 e. The van der Waals surface area contributed by atoms with Gasteiger partial charge in [0.1, 0.15) is 5.75 Å². The molecule has 1 N–H and O–H groups in total. The number of phenolic OH excluding ortho intramolecular Hbond substituents is 1. The number of halogens is 1. The number of hydrogen-bond acceptors (Lipinski definition) is 2. The van der Waals surface area contributed by atoms with Crippen LogP contribution in [0, 0.1) is 10.5 Å². The molecule has 20 heavy (non-hydrogen) atoms. The van der Waals surface area contributed by atoms with Crippen molar-refractivity contribution >= 4 is 34.2 Å². The number of rotatable bonds is 3. The van der Waals surface area contributed by atoms with Crippen LogP contribution in [0.25, 0.3) is 0 Å². The summed E-state index contributed by atoms with van der Waals surface area (Å²) in [5.41, 5.74) is 2.51. The van der Waals surface area contributed by atoms with Crippen LogP contribution in [0.15, 0.2) is 42.5 Å². The molecule has 0 aliphatic heterocycles. The summed E-state index contributed by atoms with van der Waals surface area (Å²) >= 11 is 2.03. The minimum absolute atomic E-state index is 0.108. The maximum Gasteiger partial charge on any atom is 0.258 e. The van der Waals surface area contributed by atoms with Crippen LogP contribution in [0.3, 0.4) is 0 Å². The number of carbonyl (C=O) groups is 1. The van der Waals surface area contributed by atoms with E-state index in [1.165, 1.54) is 6.07 Å². The number of aromatic hydroxyl groups is 1. The monoisotopic (exact) mass is 381 g/mol. The summed E-state index contributed by atoms with van der Waals surface area (Å²) in [6, 6.07) is 12.8. The number of carbonyl (C=O) groups excluding carboxylic acids is 1. The molecule has 0 saturated heterocycles. The maximum atomic E-state index is 12.5. The van der Waals surface area contributed by atoms with E-state index in [4.69, 9.17) is 0 Å². The predicted molar refractivity (Wildman–Crippen MR) is 89.4 cm³/mol. The van der Waals surface area contributed by atoms with Crippen LogP contribution in [0.4, 0.5) is 5.69 Å². The Kier molecular flexibility index (Phi) is 4.65. The second kappa shape index (κ2) is 6.26. The third kappa shape index (κ3) is 3.12. The summed E-state index contributed by atoms with van der Waals surface area (Å²) in [6.45, 7) is 4.53. The van der Waals surface area contributed by atoms with Crippen molar-refractivity contribution in [2.75, 3.05) is 11.4 Å². The third-order valence-electron chi connectivity index (χ3n) is 3.10. The Balaban J connectivity index is 2.33. The lowest BCUT2D eigenvalue weighted by Crippen LogP contribution is -2.30. The van der Waals surface area contributed by atoms with E-state index >= 15 is 0 Å². The standard InChI is InChI=1S/C16H16INO2/c1-3-18(13-7-4-11(2)5-8-13)16(20)12-6-9-14(17)15(19)10-12/h4-10,19H,3H2,1-2H3. The first-order chi connectivity index (χ1) is 9.52. The molecular weight excluding hydrogens is 365 g/mol. The highest BCUT2D eigenvalue weighted by atomic mass is 127. The van der Waals surface area contributed by atoms with Crippen molar-refractivity contribution in [2.45, 2.75) is 13.8 Å². The Labute approximate surface area is 132 Å². The number of phenols is 1. The largest absolute Gasteiger partial charge is 0.507 e. The fraction of sp³-hybridized carbons (Fsp3) is 0.188. The molecule has 2 rings (SSSR count). The molecule has 3 nitrogen and oxygen atoms in total. The highest BCUT2D eigenvalue weighted by Gasteiger charge is 2.17. The number of benzene rings is 2. The van der Waals surface area contributed by atoms with Crippen LogP contribution in [0.1, 0.15) is 22.8 Å². The van der Waals surface area contributed by atoms with Gasteiger partial charge in [-0.05, 0) is 66.8 Å². The summed E-state index contributed by atoms with van der Waals surface area (Å²) < 4.78 is 0.734. The van der Waals surface area contributed by atoms with Gasteiger partial charge in [-0.1, -0.05) is 17.7 Å². The molecule has 0 aromatic heterocycles. The Bertz CT molecular complexity index is 623. The highest BCUT2D eigenvalue weighted by molar-refractivity contribution is 14.1. The summed E-state index contributed by atoms with van der Waals surface area (Å²) in [6.07, 6.45) is 0. The van der Waals surface area contributed by atoms with E-state index in [0.717, 1.165) is 14.8 Å². The molecule has 0 atom stereocenters. The Morgan fingerprint density at radius 1 is 1.20 bits per heavy atom. The van der Waals surface area contributed by atoms with Gasteiger partial charge in [-0.3, -0.25) is 4.79 Å². The lowest BCUT2D eigenvalue weighted by molar-refractivity contribution is 0.0988. The molecule has 0 aliphatic rings. The average Bonchev–Trinajstić information content (AvgIpc) is 2.44. The summed E-state index contributed by atoms with van der Waals surface area (Å²) in [5, 5.41) is 9.73. The van der Waals surface area contributed by atoms with Crippen LogP contribution in [-0.4, -0.2) is 17.6 Å². The van der Waals surface area contributed by atoms with Crippen molar-refractivity contribution in [3.8, 4) is 5.75 Å². The van der Waals surface area contributed by atoms with Gasteiger partial charge in [0.2, 0.25) is 0 Å².